The Labute approximate surface area is 199 Å². The van der Waals surface area contributed by atoms with Crippen molar-refractivity contribution in [2.75, 3.05) is 20.3 Å². The van der Waals surface area contributed by atoms with Crippen LogP contribution in [0.3, 0.4) is 0 Å². The molecule has 1 aromatic carbocycles. The van der Waals surface area contributed by atoms with Crippen LogP contribution in [0.5, 0.6) is 11.5 Å². The average molecular weight is 466 g/mol. The standard InChI is InChI=1S/C27H31NO6/c1-4-8-16-13-17(14-22(33-3)27(16)34-5-2)24-25-18(9-6-11-20(25)29)28(15-23(31)32)19-10-7-12-21(30)26(19)24/h4,13-14,24H,1,5-12,15H2,2-3H3,(H,31,32). The van der Waals surface area contributed by atoms with E-state index in [1.54, 1.807) is 18.1 Å². The van der Waals surface area contributed by atoms with Crippen LogP contribution in [0.15, 0.2) is 47.3 Å². The van der Waals surface area contributed by atoms with E-state index in [1.165, 1.54) is 0 Å². The Morgan fingerprint density at radius 2 is 1.74 bits per heavy atom. The number of ether oxygens (including phenoxy) is 2. The summed E-state index contributed by atoms with van der Waals surface area (Å²) >= 11 is 0. The van der Waals surface area contributed by atoms with Gasteiger partial charge in [-0.15, -0.1) is 6.58 Å². The van der Waals surface area contributed by atoms with E-state index in [2.05, 4.69) is 6.58 Å². The van der Waals surface area contributed by atoms with Crippen LogP contribution in [0.1, 0.15) is 62.5 Å². The van der Waals surface area contributed by atoms with Gasteiger partial charge in [0.2, 0.25) is 0 Å². The summed E-state index contributed by atoms with van der Waals surface area (Å²) in [5, 5.41) is 9.61. The zero-order chi connectivity index (χ0) is 24.4. The predicted molar refractivity (Wildman–Crippen MR) is 127 cm³/mol. The lowest BCUT2D eigenvalue weighted by atomic mass is 9.70. The van der Waals surface area contributed by atoms with Gasteiger partial charge in [0.05, 0.1) is 13.7 Å². The van der Waals surface area contributed by atoms with Crippen molar-refractivity contribution in [3.8, 4) is 11.5 Å². The molecule has 3 aliphatic rings. The molecule has 1 aliphatic heterocycles. The molecule has 0 fully saturated rings. The van der Waals surface area contributed by atoms with Gasteiger partial charge in [-0.1, -0.05) is 12.1 Å². The number of hydrogen-bond donors (Lipinski definition) is 1. The van der Waals surface area contributed by atoms with Crippen molar-refractivity contribution in [3.63, 3.8) is 0 Å². The highest BCUT2D eigenvalue weighted by Gasteiger charge is 2.44. The van der Waals surface area contributed by atoms with E-state index in [0.29, 0.717) is 74.2 Å². The maximum atomic E-state index is 13.3. The SMILES string of the molecule is C=CCc1cc(C2C3=C(CCCC3=O)N(CC(=O)O)C3=C2C(=O)CCC3)cc(OC)c1OCC. The number of rotatable bonds is 8. The number of benzene rings is 1. The zero-order valence-corrected chi connectivity index (χ0v) is 19.8. The Morgan fingerprint density at radius 3 is 2.24 bits per heavy atom. The molecule has 180 valence electrons. The van der Waals surface area contributed by atoms with Crippen LogP contribution < -0.4 is 9.47 Å². The maximum Gasteiger partial charge on any atom is 0.323 e. The Kier molecular flexibility index (Phi) is 6.91. The summed E-state index contributed by atoms with van der Waals surface area (Å²) in [6.45, 7) is 5.98. The summed E-state index contributed by atoms with van der Waals surface area (Å²) in [6, 6.07) is 3.83. The van der Waals surface area contributed by atoms with Crippen LogP contribution in [-0.4, -0.2) is 47.8 Å². The highest BCUT2D eigenvalue weighted by atomic mass is 16.5. The van der Waals surface area contributed by atoms with Crippen LogP contribution in [0.25, 0.3) is 0 Å². The van der Waals surface area contributed by atoms with Gasteiger partial charge in [0, 0.05) is 46.9 Å². The molecule has 34 heavy (non-hydrogen) atoms. The van der Waals surface area contributed by atoms with Gasteiger partial charge in [0.25, 0.3) is 0 Å². The van der Waals surface area contributed by atoms with Crippen molar-refractivity contribution < 1.29 is 29.0 Å². The fourth-order valence-corrected chi connectivity index (χ4v) is 5.49. The third-order valence-electron chi connectivity index (χ3n) is 6.74. The number of carboxylic acid groups (broad SMARTS) is 1. The molecular weight excluding hydrogens is 434 g/mol. The van der Waals surface area contributed by atoms with E-state index in [0.717, 1.165) is 22.5 Å². The molecule has 7 nitrogen and oxygen atoms in total. The van der Waals surface area contributed by atoms with Crippen LogP contribution in [0.2, 0.25) is 0 Å². The van der Waals surface area contributed by atoms with Crippen LogP contribution >= 0.6 is 0 Å². The molecule has 0 spiro atoms. The average Bonchev–Trinajstić information content (AvgIpc) is 2.81. The van der Waals surface area contributed by atoms with Gasteiger partial charge >= 0.3 is 5.97 Å². The van der Waals surface area contributed by atoms with Gasteiger partial charge in [-0.05, 0) is 50.7 Å². The smallest absolute Gasteiger partial charge is 0.323 e. The summed E-state index contributed by atoms with van der Waals surface area (Å²) in [4.78, 5) is 40.1. The fraction of sp³-hybridized carbons (Fsp3) is 0.444. The minimum absolute atomic E-state index is 0.0234. The topological polar surface area (TPSA) is 93.1 Å². The summed E-state index contributed by atoms with van der Waals surface area (Å²) in [7, 11) is 1.57. The molecule has 0 bridgehead atoms. The van der Waals surface area contributed by atoms with E-state index in [4.69, 9.17) is 9.47 Å². The number of nitrogens with zero attached hydrogens (tertiary/aromatic N) is 1. The van der Waals surface area contributed by atoms with Gasteiger partial charge in [0.15, 0.2) is 23.1 Å². The van der Waals surface area contributed by atoms with Gasteiger partial charge in [-0.2, -0.15) is 0 Å². The van der Waals surface area contributed by atoms with Gasteiger partial charge in [-0.25, -0.2) is 0 Å². The quantitative estimate of drug-likeness (QED) is 0.572. The summed E-state index contributed by atoms with van der Waals surface area (Å²) < 4.78 is 11.5. The highest BCUT2D eigenvalue weighted by Crippen LogP contribution is 2.50. The lowest BCUT2D eigenvalue weighted by Gasteiger charge is -2.43. The molecule has 0 saturated heterocycles. The molecule has 0 saturated carbocycles. The van der Waals surface area contributed by atoms with Crippen molar-refractivity contribution in [1.29, 1.82) is 0 Å². The lowest BCUT2D eigenvalue weighted by molar-refractivity contribution is -0.138. The highest BCUT2D eigenvalue weighted by molar-refractivity contribution is 6.06. The third-order valence-corrected chi connectivity index (χ3v) is 6.74. The Hall–Kier alpha value is -3.35. The van der Waals surface area contributed by atoms with Crippen molar-refractivity contribution in [2.45, 2.75) is 57.8 Å². The summed E-state index contributed by atoms with van der Waals surface area (Å²) in [6.07, 6.45) is 5.67. The number of Topliss-reactive ketones (excluding diaryl/α,β-unsaturated/α-hetero) is 2. The first-order chi connectivity index (χ1) is 16.4. The van der Waals surface area contributed by atoms with E-state index < -0.39 is 11.9 Å². The minimum Gasteiger partial charge on any atom is -0.493 e. The molecule has 1 aromatic rings. The minimum atomic E-state index is -0.982. The number of carbonyl (C=O) groups excluding carboxylic acids is 2. The molecule has 0 amide bonds. The second kappa shape index (κ2) is 9.87. The van der Waals surface area contributed by atoms with Crippen molar-refractivity contribution >= 4 is 17.5 Å². The molecule has 0 atom stereocenters. The van der Waals surface area contributed by atoms with E-state index >= 15 is 0 Å². The predicted octanol–water partition coefficient (Wildman–Crippen LogP) is 4.32. The number of carboxylic acids is 1. The normalized spacial score (nSPS) is 18.6. The number of hydrogen-bond acceptors (Lipinski definition) is 6. The first kappa shape index (κ1) is 23.8. The van der Waals surface area contributed by atoms with Crippen LogP contribution in [-0.2, 0) is 20.8 Å². The Morgan fingerprint density at radius 1 is 1.12 bits per heavy atom. The molecule has 2 aliphatic carbocycles. The summed E-state index contributed by atoms with van der Waals surface area (Å²) in [5.74, 6) is -0.396. The Balaban J connectivity index is 1.98. The van der Waals surface area contributed by atoms with Gasteiger partial charge in [0.1, 0.15) is 6.54 Å². The lowest BCUT2D eigenvalue weighted by Crippen LogP contribution is -2.41. The second-order valence-electron chi connectivity index (χ2n) is 8.82. The maximum absolute atomic E-state index is 13.3. The van der Waals surface area contributed by atoms with E-state index in [9.17, 15) is 19.5 Å². The molecule has 1 N–H and O–H groups in total. The largest absolute Gasteiger partial charge is 0.493 e. The first-order valence-electron chi connectivity index (χ1n) is 11.9. The molecule has 4 rings (SSSR count). The molecule has 0 radical (unpaired) electrons. The number of allylic oxidation sites excluding steroid dienone is 5. The molecule has 0 aromatic heterocycles. The van der Waals surface area contributed by atoms with Crippen LogP contribution in [0.4, 0.5) is 0 Å². The molecule has 1 heterocycles. The second-order valence-corrected chi connectivity index (χ2v) is 8.82. The van der Waals surface area contributed by atoms with Crippen LogP contribution in [0, 0.1) is 0 Å². The van der Waals surface area contributed by atoms with Gasteiger partial charge in [-0.3, -0.25) is 14.4 Å². The number of methoxy groups -OCH3 is 1. The van der Waals surface area contributed by atoms with Crippen molar-refractivity contribution in [2.24, 2.45) is 0 Å². The molecule has 7 heteroatoms. The number of aliphatic carboxylic acids is 1. The fourth-order valence-electron chi connectivity index (χ4n) is 5.49. The number of ketones is 2. The van der Waals surface area contributed by atoms with Gasteiger partial charge < -0.3 is 19.5 Å². The van der Waals surface area contributed by atoms with E-state index in [-0.39, 0.29) is 18.1 Å². The molecule has 0 unspecified atom stereocenters. The summed E-state index contributed by atoms with van der Waals surface area (Å²) in [5.41, 5.74) is 4.26. The Bertz CT molecular complexity index is 1070. The molecular formula is C27H31NO6. The van der Waals surface area contributed by atoms with E-state index in [1.807, 2.05) is 19.1 Å². The van der Waals surface area contributed by atoms with Crippen molar-refractivity contribution in [1.82, 2.24) is 4.90 Å². The monoisotopic (exact) mass is 465 g/mol. The van der Waals surface area contributed by atoms with Crippen molar-refractivity contribution in [3.05, 3.63) is 58.5 Å². The zero-order valence-electron chi connectivity index (χ0n) is 19.8. The third kappa shape index (κ3) is 4.15. The number of carbonyl (C=O) groups is 3. The first-order valence-corrected chi connectivity index (χ1v) is 11.9.